The summed E-state index contributed by atoms with van der Waals surface area (Å²) in [4.78, 5) is 0. The van der Waals surface area contributed by atoms with E-state index in [9.17, 15) is 10.2 Å². The molecule has 4 aliphatic rings. The molecule has 0 radical (unpaired) electrons. The van der Waals surface area contributed by atoms with Crippen LogP contribution in [0.25, 0.3) is 0 Å². The van der Waals surface area contributed by atoms with Gasteiger partial charge in [-0.25, -0.2) is 0 Å². The highest BCUT2D eigenvalue weighted by molar-refractivity contribution is 5.43. The Bertz CT molecular complexity index is 568. The highest BCUT2D eigenvalue weighted by Gasteiger charge is 2.52. The Hall–Kier alpha value is -0.860. The van der Waals surface area contributed by atoms with Crippen molar-refractivity contribution in [3.8, 4) is 0 Å². The van der Waals surface area contributed by atoms with E-state index in [4.69, 9.17) is 0 Å². The van der Waals surface area contributed by atoms with Crippen LogP contribution < -0.4 is 0 Å². The lowest BCUT2D eigenvalue weighted by Gasteiger charge is -2.54. The summed E-state index contributed by atoms with van der Waals surface area (Å²) in [5.41, 5.74) is 3.76. The average Bonchev–Trinajstić information content (AvgIpc) is 2.81. The van der Waals surface area contributed by atoms with Crippen molar-refractivity contribution in [3.63, 3.8) is 0 Å². The van der Waals surface area contributed by atoms with Crippen LogP contribution in [0.1, 0.15) is 52.4 Å². The Balaban J connectivity index is 1.79. The molecule has 2 N–H and O–H groups in total. The van der Waals surface area contributed by atoms with Gasteiger partial charge in [0.2, 0.25) is 0 Å². The molecule has 1 unspecified atom stereocenters. The molecule has 114 valence electrons. The van der Waals surface area contributed by atoms with Crippen LogP contribution in [0.15, 0.2) is 35.5 Å². The monoisotopic (exact) mass is 286 g/mol. The lowest BCUT2D eigenvalue weighted by molar-refractivity contribution is -0.153. The molecule has 2 nitrogen and oxygen atoms in total. The van der Waals surface area contributed by atoms with Gasteiger partial charge in [0.15, 0.2) is 5.79 Å². The maximum absolute atomic E-state index is 9.96. The van der Waals surface area contributed by atoms with Crippen LogP contribution in [0.5, 0.6) is 0 Å². The van der Waals surface area contributed by atoms with Gasteiger partial charge < -0.3 is 10.2 Å². The molecular formula is C19H26O2. The first-order valence-electron chi connectivity index (χ1n) is 8.39. The predicted octanol–water partition coefficient (Wildman–Crippen LogP) is 3.72. The van der Waals surface area contributed by atoms with E-state index in [0.29, 0.717) is 23.7 Å². The van der Waals surface area contributed by atoms with Gasteiger partial charge in [0, 0.05) is 6.42 Å². The van der Waals surface area contributed by atoms with Crippen molar-refractivity contribution in [2.45, 2.75) is 58.2 Å². The van der Waals surface area contributed by atoms with Crippen molar-refractivity contribution in [2.75, 3.05) is 0 Å². The Labute approximate surface area is 127 Å². The molecule has 1 saturated carbocycles. The third-order valence-corrected chi connectivity index (χ3v) is 6.90. The van der Waals surface area contributed by atoms with E-state index in [1.807, 2.05) is 0 Å². The minimum atomic E-state index is -1.59. The van der Waals surface area contributed by atoms with E-state index < -0.39 is 5.79 Å². The number of allylic oxidation sites excluding steroid dienone is 5. The minimum Gasteiger partial charge on any atom is -0.362 e. The maximum Gasteiger partial charge on any atom is 0.182 e. The maximum atomic E-state index is 9.96. The Morgan fingerprint density at radius 3 is 2.76 bits per heavy atom. The molecule has 0 aliphatic heterocycles. The predicted molar refractivity (Wildman–Crippen MR) is 83.4 cm³/mol. The summed E-state index contributed by atoms with van der Waals surface area (Å²) in [6.07, 6.45) is 14.9. The number of fused-ring (bicyclic) bond motifs is 4. The topological polar surface area (TPSA) is 40.5 Å². The number of aliphatic hydroxyl groups is 2. The first-order chi connectivity index (χ1) is 9.84. The molecule has 1 fully saturated rings. The van der Waals surface area contributed by atoms with Crippen molar-refractivity contribution >= 4 is 0 Å². The van der Waals surface area contributed by atoms with Crippen LogP contribution in [0.2, 0.25) is 0 Å². The summed E-state index contributed by atoms with van der Waals surface area (Å²) in [5, 5.41) is 19.9. The van der Waals surface area contributed by atoms with Crippen molar-refractivity contribution in [2.24, 2.45) is 22.7 Å². The lowest BCUT2D eigenvalue weighted by Crippen LogP contribution is -2.48. The second-order valence-electron chi connectivity index (χ2n) is 8.21. The van der Waals surface area contributed by atoms with Gasteiger partial charge in [0.1, 0.15) is 0 Å². The molecule has 0 bridgehead atoms. The zero-order chi connectivity index (χ0) is 14.9. The van der Waals surface area contributed by atoms with Gasteiger partial charge in [-0.1, -0.05) is 37.6 Å². The van der Waals surface area contributed by atoms with Crippen molar-refractivity contribution in [1.29, 1.82) is 0 Å². The summed E-state index contributed by atoms with van der Waals surface area (Å²) in [7, 11) is 0. The second kappa shape index (κ2) is 4.11. The standard InChI is InChI=1S/C19H26O2/c1-17-8-3-4-15(17)14-6-5-13-12-19(20,21)11-10-18(13,2)16(14)7-9-17/h3-4,10-11,13,16,20-21H,5-9,12H2,1-2H3/t13?,16-,17-,18-/m0/s1. The fraction of sp³-hybridized carbons (Fsp3) is 0.684. The summed E-state index contributed by atoms with van der Waals surface area (Å²) in [6.45, 7) is 4.76. The number of hydrogen-bond donors (Lipinski definition) is 2. The molecule has 2 heteroatoms. The van der Waals surface area contributed by atoms with Gasteiger partial charge in [-0.05, 0) is 66.4 Å². The van der Waals surface area contributed by atoms with E-state index in [1.165, 1.54) is 19.3 Å². The van der Waals surface area contributed by atoms with Gasteiger partial charge >= 0.3 is 0 Å². The highest BCUT2D eigenvalue weighted by atomic mass is 16.5. The van der Waals surface area contributed by atoms with Crippen LogP contribution in [0.3, 0.4) is 0 Å². The number of hydrogen-bond acceptors (Lipinski definition) is 2. The molecule has 0 aromatic carbocycles. The Kier molecular flexibility index (Phi) is 2.70. The van der Waals surface area contributed by atoms with Gasteiger partial charge in [-0.15, -0.1) is 0 Å². The number of rotatable bonds is 0. The smallest absolute Gasteiger partial charge is 0.182 e. The second-order valence-corrected chi connectivity index (χ2v) is 8.21. The summed E-state index contributed by atoms with van der Waals surface area (Å²) in [6, 6.07) is 0. The van der Waals surface area contributed by atoms with Crippen LogP contribution >= 0.6 is 0 Å². The Morgan fingerprint density at radius 2 is 1.95 bits per heavy atom. The Morgan fingerprint density at radius 1 is 1.14 bits per heavy atom. The van der Waals surface area contributed by atoms with E-state index in [1.54, 1.807) is 17.2 Å². The molecule has 0 amide bonds. The van der Waals surface area contributed by atoms with E-state index in [2.05, 4.69) is 32.1 Å². The fourth-order valence-corrected chi connectivity index (χ4v) is 5.54. The van der Waals surface area contributed by atoms with E-state index in [0.717, 1.165) is 12.8 Å². The fourth-order valence-electron chi connectivity index (χ4n) is 5.54. The van der Waals surface area contributed by atoms with E-state index >= 15 is 0 Å². The third-order valence-electron chi connectivity index (χ3n) is 6.90. The molecule has 4 aliphatic carbocycles. The first-order valence-corrected chi connectivity index (χ1v) is 8.39. The molecule has 4 atom stereocenters. The normalized spacial score (nSPS) is 47.0. The average molecular weight is 286 g/mol. The molecule has 0 spiro atoms. The minimum absolute atomic E-state index is 0.104. The van der Waals surface area contributed by atoms with Crippen molar-refractivity contribution < 1.29 is 10.2 Å². The quantitative estimate of drug-likeness (QED) is 0.526. The third kappa shape index (κ3) is 1.85. The highest BCUT2D eigenvalue weighted by Crippen LogP contribution is 2.61. The SMILES string of the molecule is C[C@@]12CC=CC1=C1CCC3CC(O)(O)C=C[C@]3(C)[C@H]1CC2. The zero-order valence-electron chi connectivity index (χ0n) is 13.1. The summed E-state index contributed by atoms with van der Waals surface area (Å²) in [5.74, 6) is -0.610. The van der Waals surface area contributed by atoms with Gasteiger partial charge in [0.05, 0.1) is 0 Å². The van der Waals surface area contributed by atoms with E-state index in [-0.39, 0.29) is 5.41 Å². The molecule has 21 heavy (non-hydrogen) atoms. The van der Waals surface area contributed by atoms with Crippen LogP contribution in [0, 0.1) is 22.7 Å². The van der Waals surface area contributed by atoms with Gasteiger partial charge in [-0.3, -0.25) is 0 Å². The molecular weight excluding hydrogens is 260 g/mol. The lowest BCUT2D eigenvalue weighted by atomic mass is 9.51. The first kappa shape index (κ1) is 13.8. The van der Waals surface area contributed by atoms with Gasteiger partial charge in [0.25, 0.3) is 0 Å². The zero-order valence-corrected chi connectivity index (χ0v) is 13.1. The molecule has 0 aromatic rings. The summed E-state index contributed by atoms with van der Waals surface area (Å²) >= 11 is 0. The van der Waals surface area contributed by atoms with Crippen molar-refractivity contribution in [3.05, 3.63) is 35.5 Å². The van der Waals surface area contributed by atoms with Crippen molar-refractivity contribution in [1.82, 2.24) is 0 Å². The summed E-state index contributed by atoms with van der Waals surface area (Å²) < 4.78 is 0. The van der Waals surface area contributed by atoms with Gasteiger partial charge in [-0.2, -0.15) is 0 Å². The largest absolute Gasteiger partial charge is 0.362 e. The molecule has 0 aromatic heterocycles. The molecule has 0 heterocycles. The molecule has 0 saturated heterocycles. The van der Waals surface area contributed by atoms with Crippen LogP contribution in [0.4, 0.5) is 0 Å². The van der Waals surface area contributed by atoms with Crippen LogP contribution in [-0.4, -0.2) is 16.0 Å². The van der Waals surface area contributed by atoms with Crippen LogP contribution in [-0.2, 0) is 0 Å². The molecule has 4 rings (SSSR count).